The number of hydrogen-bond acceptors (Lipinski definition) is 5. The van der Waals surface area contributed by atoms with Gasteiger partial charge < -0.3 is 11.5 Å². The summed E-state index contributed by atoms with van der Waals surface area (Å²) in [5.74, 6) is 0. The Balaban J connectivity index is 0.000000326. The molecule has 1 heterocycles. The van der Waals surface area contributed by atoms with Crippen molar-refractivity contribution in [2.75, 3.05) is 11.5 Å². The van der Waals surface area contributed by atoms with E-state index >= 15 is 0 Å². The van der Waals surface area contributed by atoms with Gasteiger partial charge >= 0.3 is 0 Å². The lowest BCUT2D eigenvalue weighted by molar-refractivity contribution is 0.881. The van der Waals surface area contributed by atoms with E-state index in [-0.39, 0.29) is 0 Å². The second-order valence-electron chi connectivity index (χ2n) is 5.05. The molecule has 0 spiro atoms. The van der Waals surface area contributed by atoms with Crippen molar-refractivity contribution < 1.29 is 0 Å². The highest BCUT2D eigenvalue weighted by atomic mass is 15.5. The van der Waals surface area contributed by atoms with E-state index in [0.29, 0.717) is 0 Å². The maximum absolute atomic E-state index is 6.06. The normalized spacial score (nSPS) is 10.0. The Hall–Kier alpha value is -2.89. The van der Waals surface area contributed by atoms with Crippen molar-refractivity contribution in [1.29, 1.82) is 0 Å². The summed E-state index contributed by atoms with van der Waals surface area (Å²) in [6, 6.07) is 12.1. The van der Waals surface area contributed by atoms with Gasteiger partial charge in [0.05, 0.1) is 0 Å². The van der Waals surface area contributed by atoms with Crippen molar-refractivity contribution in [3.63, 3.8) is 0 Å². The summed E-state index contributed by atoms with van der Waals surface area (Å²) in [6.45, 7) is 4.33. The Morgan fingerprint density at radius 1 is 0.913 bits per heavy atom. The number of hydrogen-bond donors (Lipinski definition) is 3. The van der Waals surface area contributed by atoms with E-state index in [1.807, 2.05) is 18.2 Å². The molecule has 1 aromatic heterocycles. The topological polar surface area (TPSA) is 107 Å². The van der Waals surface area contributed by atoms with Gasteiger partial charge in [-0.2, -0.15) is 5.21 Å². The minimum absolute atomic E-state index is 0.794. The van der Waals surface area contributed by atoms with Gasteiger partial charge in [0.25, 0.3) is 0 Å². The maximum Gasteiger partial charge on any atom is 0.161 e. The minimum Gasteiger partial charge on any atom is -0.399 e. The molecular formula is C17H22N6. The molecular weight excluding hydrogens is 288 g/mol. The van der Waals surface area contributed by atoms with E-state index in [1.165, 1.54) is 28.6 Å². The van der Waals surface area contributed by atoms with E-state index in [9.17, 15) is 0 Å². The van der Waals surface area contributed by atoms with Gasteiger partial charge in [0.1, 0.15) is 0 Å². The summed E-state index contributed by atoms with van der Waals surface area (Å²) in [5.41, 5.74) is 18.6. The second kappa shape index (κ2) is 7.93. The summed E-state index contributed by atoms with van der Waals surface area (Å²) < 4.78 is 0. The van der Waals surface area contributed by atoms with E-state index < -0.39 is 0 Å². The molecule has 5 N–H and O–H groups in total. The van der Waals surface area contributed by atoms with Crippen LogP contribution < -0.4 is 11.5 Å². The Labute approximate surface area is 135 Å². The molecule has 0 saturated carbocycles. The molecule has 0 saturated heterocycles. The van der Waals surface area contributed by atoms with Crippen LogP contribution in [0.1, 0.15) is 25.0 Å². The lowest BCUT2D eigenvalue weighted by Crippen LogP contribution is -2.00. The van der Waals surface area contributed by atoms with Gasteiger partial charge in [0, 0.05) is 11.4 Å². The Kier molecular flexibility index (Phi) is 5.68. The standard InChI is InChI=1S/C16H20N2.CH2N4/c1-3-13-14(4-2)16(18)10-9-15(13)11-5-7-12(17)8-6-11;1-2-4-5-3-1/h5-10H,3-4,17-18H2,1-2H3;1H,(H,2,3,4,5). The van der Waals surface area contributed by atoms with Crippen LogP contribution in [0.5, 0.6) is 0 Å². The number of anilines is 2. The predicted octanol–water partition coefficient (Wildman–Crippen LogP) is 2.84. The molecule has 0 atom stereocenters. The third kappa shape index (κ3) is 4.06. The van der Waals surface area contributed by atoms with Gasteiger partial charge in [0.15, 0.2) is 6.33 Å². The van der Waals surface area contributed by atoms with Crippen LogP contribution >= 0.6 is 0 Å². The zero-order valence-electron chi connectivity index (χ0n) is 13.5. The van der Waals surface area contributed by atoms with Crippen LogP contribution in [0.25, 0.3) is 11.1 Å². The van der Waals surface area contributed by atoms with Crippen molar-refractivity contribution in [3.8, 4) is 11.1 Å². The van der Waals surface area contributed by atoms with Crippen molar-refractivity contribution in [2.24, 2.45) is 0 Å². The van der Waals surface area contributed by atoms with Gasteiger partial charge in [-0.1, -0.05) is 37.3 Å². The summed E-state index contributed by atoms with van der Waals surface area (Å²) in [4.78, 5) is 0. The fourth-order valence-corrected chi connectivity index (χ4v) is 2.59. The highest BCUT2D eigenvalue weighted by molar-refractivity contribution is 5.73. The van der Waals surface area contributed by atoms with Gasteiger partial charge in [0.2, 0.25) is 0 Å². The summed E-state index contributed by atoms with van der Waals surface area (Å²) in [5, 5.41) is 12.2. The number of rotatable bonds is 3. The molecule has 0 aliphatic heterocycles. The van der Waals surface area contributed by atoms with Gasteiger partial charge in [-0.05, 0) is 53.3 Å². The molecule has 0 aliphatic rings. The number of nitrogens with zero attached hydrogens (tertiary/aromatic N) is 3. The molecule has 120 valence electrons. The number of tetrazole rings is 1. The van der Waals surface area contributed by atoms with E-state index in [4.69, 9.17) is 11.5 Å². The molecule has 6 heteroatoms. The molecule has 0 fully saturated rings. The van der Waals surface area contributed by atoms with Gasteiger partial charge in [-0.3, -0.25) is 0 Å². The fourth-order valence-electron chi connectivity index (χ4n) is 2.59. The first-order valence-corrected chi connectivity index (χ1v) is 7.59. The highest BCUT2D eigenvalue weighted by Crippen LogP contribution is 2.31. The second-order valence-corrected chi connectivity index (χ2v) is 5.05. The minimum atomic E-state index is 0.794. The lowest BCUT2D eigenvalue weighted by Gasteiger charge is -2.15. The van der Waals surface area contributed by atoms with Crippen molar-refractivity contribution >= 4 is 11.4 Å². The number of nitrogen functional groups attached to an aromatic ring is 2. The number of aromatic nitrogens is 4. The third-order valence-corrected chi connectivity index (χ3v) is 3.67. The van der Waals surface area contributed by atoms with Crippen LogP contribution in [-0.4, -0.2) is 20.6 Å². The van der Waals surface area contributed by atoms with E-state index in [1.54, 1.807) is 0 Å². The van der Waals surface area contributed by atoms with Crippen molar-refractivity contribution in [1.82, 2.24) is 20.6 Å². The van der Waals surface area contributed by atoms with Crippen molar-refractivity contribution in [3.05, 3.63) is 53.9 Å². The van der Waals surface area contributed by atoms with Crippen LogP contribution in [0.3, 0.4) is 0 Å². The number of nitrogens with one attached hydrogen (secondary N) is 1. The Bertz CT molecular complexity index is 702. The SMILES string of the molecule is CCc1c(N)ccc(-c2ccc(N)cc2)c1CC.c1nn[nH]n1. The zero-order chi connectivity index (χ0) is 16.7. The molecule has 0 amide bonds. The van der Waals surface area contributed by atoms with Gasteiger partial charge in [-0.25, -0.2) is 0 Å². The number of H-pyrrole nitrogens is 1. The van der Waals surface area contributed by atoms with E-state index in [2.05, 4.69) is 52.7 Å². The first-order chi connectivity index (χ1) is 11.2. The Morgan fingerprint density at radius 2 is 1.61 bits per heavy atom. The predicted molar refractivity (Wildman–Crippen MR) is 93.6 cm³/mol. The molecule has 3 aromatic rings. The Morgan fingerprint density at radius 3 is 2.09 bits per heavy atom. The first kappa shape index (κ1) is 16.5. The zero-order valence-corrected chi connectivity index (χ0v) is 13.5. The largest absolute Gasteiger partial charge is 0.399 e. The van der Waals surface area contributed by atoms with Gasteiger partial charge in [-0.15, -0.1) is 10.2 Å². The fraction of sp³-hybridized carbons (Fsp3) is 0.235. The van der Waals surface area contributed by atoms with Crippen LogP contribution in [0, 0.1) is 0 Å². The monoisotopic (exact) mass is 310 g/mol. The first-order valence-electron chi connectivity index (χ1n) is 7.59. The molecule has 3 rings (SSSR count). The van der Waals surface area contributed by atoms with E-state index in [0.717, 1.165) is 24.2 Å². The molecule has 23 heavy (non-hydrogen) atoms. The number of aromatic amines is 1. The summed E-state index contributed by atoms with van der Waals surface area (Å²) in [7, 11) is 0. The molecule has 0 aliphatic carbocycles. The number of nitrogens with two attached hydrogens (primary N) is 2. The smallest absolute Gasteiger partial charge is 0.161 e. The van der Waals surface area contributed by atoms with Crippen LogP contribution in [0.2, 0.25) is 0 Å². The average molecular weight is 310 g/mol. The third-order valence-electron chi connectivity index (χ3n) is 3.67. The highest BCUT2D eigenvalue weighted by Gasteiger charge is 2.10. The van der Waals surface area contributed by atoms with Crippen LogP contribution in [0.15, 0.2) is 42.7 Å². The average Bonchev–Trinajstić information content (AvgIpc) is 3.15. The molecule has 0 unspecified atom stereocenters. The maximum atomic E-state index is 6.06. The molecule has 0 bridgehead atoms. The molecule has 0 radical (unpaired) electrons. The van der Waals surface area contributed by atoms with Crippen LogP contribution in [0.4, 0.5) is 11.4 Å². The molecule has 2 aromatic carbocycles. The van der Waals surface area contributed by atoms with Crippen molar-refractivity contribution in [2.45, 2.75) is 26.7 Å². The quantitative estimate of drug-likeness (QED) is 0.645. The molecule has 6 nitrogen and oxygen atoms in total. The lowest BCUT2D eigenvalue weighted by atomic mass is 9.91. The number of benzene rings is 2. The van der Waals surface area contributed by atoms with Crippen LogP contribution in [-0.2, 0) is 12.8 Å². The summed E-state index contributed by atoms with van der Waals surface area (Å²) >= 11 is 0. The summed E-state index contributed by atoms with van der Waals surface area (Å²) in [6.07, 6.45) is 3.30.